The molecule has 0 aromatic heterocycles. The molecule has 47 heavy (non-hydrogen) atoms. The maximum Gasteiger partial charge on any atom is 0.408 e. The van der Waals surface area contributed by atoms with Crippen LogP contribution in [0.1, 0.15) is 54.5 Å². The van der Waals surface area contributed by atoms with Gasteiger partial charge in [0.15, 0.2) is 17.7 Å². The number of carbonyl (C=O) groups is 3. The zero-order valence-electron chi connectivity index (χ0n) is 26.4. The molecule has 10 heteroatoms. The second kappa shape index (κ2) is 14.5. The van der Waals surface area contributed by atoms with Gasteiger partial charge in [0.05, 0.1) is 0 Å². The van der Waals surface area contributed by atoms with Gasteiger partial charge in [0.25, 0.3) is 5.91 Å². The van der Waals surface area contributed by atoms with E-state index in [-0.39, 0.29) is 32.0 Å². The predicted octanol–water partition coefficient (Wildman–Crippen LogP) is 6.76. The van der Waals surface area contributed by atoms with Crippen LogP contribution < -0.4 is 16.0 Å². The molecule has 3 N–H and O–H groups in total. The largest absolute Gasteiger partial charge is 0.449 e. The third kappa shape index (κ3) is 8.72. The van der Waals surface area contributed by atoms with Gasteiger partial charge in [-0.2, -0.15) is 0 Å². The highest BCUT2D eigenvalue weighted by Gasteiger charge is 2.29. The maximum absolute atomic E-state index is 13.8. The number of halogens is 2. The SMILES string of the molecule is CC(C)(C)NC(=O)O[C@@H](Cc1ccc(F)c(F)c1)C(=O)NCc1ccc(CNC(=O)OCC2c3ccccc3-c3ccccc32)cc1. The molecule has 0 radical (unpaired) electrons. The van der Waals surface area contributed by atoms with Crippen molar-refractivity contribution in [3.8, 4) is 11.1 Å². The van der Waals surface area contributed by atoms with Crippen molar-refractivity contribution in [3.05, 3.63) is 130 Å². The van der Waals surface area contributed by atoms with Crippen LogP contribution in [-0.4, -0.2) is 36.3 Å². The van der Waals surface area contributed by atoms with Crippen LogP contribution in [0.4, 0.5) is 18.4 Å². The van der Waals surface area contributed by atoms with Crippen LogP contribution in [-0.2, 0) is 33.8 Å². The Bertz CT molecular complexity index is 1710. The first-order chi connectivity index (χ1) is 22.5. The lowest BCUT2D eigenvalue weighted by Crippen LogP contribution is -2.46. The number of hydrogen-bond acceptors (Lipinski definition) is 5. The minimum atomic E-state index is -1.29. The van der Waals surface area contributed by atoms with Crippen molar-refractivity contribution < 1.29 is 32.6 Å². The van der Waals surface area contributed by atoms with E-state index in [0.717, 1.165) is 45.5 Å². The lowest BCUT2D eigenvalue weighted by molar-refractivity contribution is -0.129. The molecule has 0 spiro atoms. The highest BCUT2D eigenvalue weighted by molar-refractivity contribution is 5.84. The van der Waals surface area contributed by atoms with E-state index in [1.807, 2.05) is 36.4 Å². The Balaban J connectivity index is 1.12. The molecule has 0 unspecified atom stereocenters. The van der Waals surface area contributed by atoms with Gasteiger partial charge in [-0.25, -0.2) is 18.4 Å². The molecule has 0 saturated heterocycles. The summed E-state index contributed by atoms with van der Waals surface area (Å²) in [7, 11) is 0. The lowest BCUT2D eigenvalue weighted by atomic mass is 9.98. The van der Waals surface area contributed by atoms with Crippen molar-refractivity contribution in [2.75, 3.05) is 6.61 Å². The molecule has 1 aliphatic rings. The number of carbonyl (C=O) groups excluding carboxylic acids is 3. The van der Waals surface area contributed by atoms with Gasteiger partial charge in [0.1, 0.15) is 6.61 Å². The molecule has 0 bridgehead atoms. The quantitative estimate of drug-likeness (QED) is 0.178. The van der Waals surface area contributed by atoms with Gasteiger partial charge in [0.2, 0.25) is 0 Å². The molecule has 1 atom stereocenters. The number of nitrogens with one attached hydrogen (secondary N) is 3. The molecular formula is C37H37F2N3O5. The summed E-state index contributed by atoms with van der Waals surface area (Å²) in [5.41, 5.74) is 5.86. The minimum absolute atomic E-state index is 0.0302. The third-order valence-corrected chi connectivity index (χ3v) is 7.69. The fourth-order valence-corrected chi connectivity index (χ4v) is 5.44. The molecule has 8 nitrogen and oxygen atoms in total. The first kappa shape index (κ1) is 33.1. The lowest BCUT2D eigenvalue weighted by Gasteiger charge is -2.23. The standard InChI is InChI=1S/C37H37F2N3O5/c1-37(2,3)42-36(45)47-33(19-25-16-17-31(38)32(39)18-25)34(43)40-20-23-12-14-24(15-13-23)21-41-35(44)46-22-30-28-10-6-4-8-26(28)27-9-5-7-11-29(27)30/h4-18,30,33H,19-22H2,1-3H3,(H,40,43)(H,41,44)(H,42,45)/t33-/m0/s1. The summed E-state index contributed by atoms with van der Waals surface area (Å²) in [5.74, 6) is -2.70. The fraction of sp³-hybridized carbons (Fsp3) is 0.270. The smallest absolute Gasteiger partial charge is 0.408 e. The molecule has 244 valence electrons. The van der Waals surface area contributed by atoms with Crippen LogP contribution in [0.25, 0.3) is 11.1 Å². The molecule has 0 fully saturated rings. The van der Waals surface area contributed by atoms with Crippen LogP contribution in [0.2, 0.25) is 0 Å². The number of ether oxygens (including phenoxy) is 2. The van der Waals surface area contributed by atoms with Gasteiger partial charge >= 0.3 is 12.2 Å². The van der Waals surface area contributed by atoms with Crippen LogP contribution in [0.3, 0.4) is 0 Å². The Hall–Kier alpha value is -5.25. The summed E-state index contributed by atoms with van der Waals surface area (Å²) >= 11 is 0. The first-order valence-corrected chi connectivity index (χ1v) is 15.3. The first-order valence-electron chi connectivity index (χ1n) is 15.3. The zero-order chi connectivity index (χ0) is 33.6. The van der Waals surface area contributed by atoms with Crippen molar-refractivity contribution in [1.82, 2.24) is 16.0 Å². The van der Waals surface area contributed by atoms with E-state index < -0.39 is 41.4 Å². The minimum Gasteiger partial charge on any atom is -0.449 e. The number of alkyl carbamates (subject to hydrolysis) is 2. The number of fused-ring (bicyclic) bond motifs is 3. The Morgan fingerprint density at radius 2 is 1.28 bits per heavy atom. The number of rotatable bonds is 10. The van der Waals surface area contributed by atoms with Gasteiger partial charge in [-0.05, 0) is 71.8 Å². The van der Waals surface area contributed by atoms with E-state index in [4.69, 9.17) is 9.47 Å². The average molecular weight is 642 g/mol. The average Bonchev–Trinajstić information content (AvgIpc) is 3.36. The van der Waals surface area contributed by atoms with Crippen molar-refractivity contribution in [2.45, 2.75) is 57.8 Å². The monoisotopic (exact) mass is 641 g/mol. The molecular weight excluding hydrogens is 604 g/mol. The van der Waals surface area contributed by atoms with E-state index in [9.17, 15) is 23.2 Å². The van der Waals surface area contributed by atoms with E-state index in [0.29, 0.717) is 5.56 Å². The van der Waals surface area contributed by atoms with Crippen molar-refractivity contribution in [3.63, 3.8) is 0 Å². The molecule has 0 aliphatic heterocycles. The van der Waals surface area contributed by atoms with Gasteiger partial charge in [0, 0.05) is 31.0 Å². The third-order valence-electron chi connectivity index (χ3n) is 7.69. The molecule has 3 amide bonds. The molecule has 0 saturated carbocycles. The predicted molar refractivity (Wildman–Crippen MR) is 173 cm³/mol. The summed E-state index contributed by atoms with van der Waals surface area (Å²) in [4.78, 5) is 38.1. The Kier molecular flexibility index (Phi) is 10.2. The topological polar surface area (TPSA) is 106 Å². The summed E-state index contributed by atoms with van der Waals surface area (Å²) in [6, 6.07) is 26.8. The van der Waals surface area contributed by atoms with Crippen molar-refractivity contribution in [1.29, 1.82) is 0 Å². The Morgan fingerprint density at radius 1 is 0.723 bits per heavy atom. The van der Waals surface area contributed by atoms with Gasteiger partial charge in [-0.15, -0.1) is 0 Å². The normalized spacial score (nSPS) is 12.8. The van der Waals surface area contributed by atoms with E-state index in [1.165, 1.54) is 6.07 Å². The second-order valence-corrected chi connectivity index (χ2v) is 12.4. The van der Waals surface area contributed by atoms with Crippen LogP contribution >= 0.6 is 0 Å². The van der Waals surface area contributed by atoms with Crippen LogP contribution in [0.15, 0.2) is 91.0 Å². The summed E-state index contributed by atoms with van der Waals surface area (Å²) < 4.78 is 38.2. The highest BCUT2D eigenvalue weighted by atomic mass is 19.2. The highest BCUT2D eigenvalue weighted by Crippen LogP contribution is 2.44. The second-order valence-electron chi connectivity index (χ2n) is 12.4. The van der Waals surface area contributed by atoms with E-state index >= 15 is 0 Å². The Labute approximate surface area is 272 Å². The molecule has 4 aromatic rings. The van der Waals surface area contributed by atoms with Crippen molar-refractivity contribution >= 4 is 18.1 Å². The molecule has 1 aliphatic carbocycles. The molecule has 5 rings (SSSR count). The zero-order valence-corrected chi connectivity index (χ0v) is 26.4. The van der Waals surface area contributed by atoms with Gasteiger partial charge in [-0.3, -0.25) is 4.79 Å². The number of hydrogen-bond donors (Lipinski definition) is 3. The summed E-state index contributed by atoms with van der Waals surface area (Å²) in [5, 5.41) is 8.15. The Morgan fingerprint density at radius 3 is 1.85 bits per heavy atom. The summed E-state index contributed by atoms with van der Waals surface area (Å²) in [6.07, 6.45) is -2.77. The van der Waals surface area contributed by atoms with E-state index in [2.05, 4.69) is 40.2 Å². The summed E-state index contributed by atoms with van der Waals surface area (Å²) in [6.45, 7) is 5.87. The maximum atomic E-state index is 13.8. The molecule has 4 aromatic carbocycles. The fourth-order valence-electron chi connectivity index (χ4n) is 5.44. The number of amides is 3. The molecule has 0 heterocycles. The van der Waals surface area contributed by atoms with Crippen molar-refractivity contribution in [2.24, 2.45) is 0 Å². The number of benzene rings is 4. The van der Waals surface area contributed by atoms with Gasteiger partial charge in [-0.1, -0.05) is 78.9 Å². The van der Waals surface area contributed by atoms with Crippen LogP contribution in [0, 0.1) is 11.6 Å². The van der Waals surface area contributed by atoms with E-state index in [1.54, 1.807) is 32.9 Å². The van der Waals surface area contributed by atoms with Crippen LogP contribution in [0.5, 0.6) is 0 Å². The van der Waals surface area contributed by atoms with Gasteiger partial charge < -0.3 is 25.4 Å².